The zero-order chi connectivity index (χ0) is 13.9. The van der Waals surface area contributed by atoms with Gasteiger partial charge in [0, 0.05) is 17.1 Å². The molecule has 0 bridgehead atoms. The van der Waals surface area contributed by atoms with Crippen molar-refractivity contribution < 1.29 is 4.79 Å². The fourth-order valence-electron chi connectivity index (χ4n) is 2.15. The van der Waals surface area contributed by atoms with Gasteiger partial charge in [0.1, 0.15) is 5.82 Å². The number of fused-ring (bicyclic) bond motifs is 1. The fraction of sp³-hybridized carbons (Fsp3) is 0.143. The first-order valence-electron chi connectivity index (χ1n) is 6.20. The van der Waals surface area contributed by atoms with Gasteiger partial charge >= 0.3 is 0 Å². The van der Waals surface area contributed by atoms with Crippen molar-refractivity contribution in [2.45, 2.75) is 11.3 Å². The number of nitrogens with zero attached hydrogens (tertiary/aromatic N) is 1. The maximum Gasteiger partial charge on any atom is 0.230 e. The highest BCUT2D eigenvalue weighted by atomic mass is 32.2. The molecule has 6 heteroatoms. The molecular formula is C14H14N4OS. The molecule has 1 aromatic carbocycles. The van der Waals surface area contributed by atoms with E-state index in [1.54, 1.807) is 6.20 Å². The molecule has 1 amide bonds. The molecule has 3 rings (SSSR count). The Labute approximate surface area is 120 Å². The number of H-pyrrole nitrogens is 2. The number of aromatic nitrogens is 3. The number of anilines is 1. The summed E-state index contributed by atoms with van der Waals surface area (Å²) in [4.78, 5) is 16.2. The molecule has 0 fully saturated rings. The van der Waals surface area contributed by atoms with Crippen LogP contribution >= 0.6 is 11.8 Å². The Morgan fingerprint density at radius 2 is 2.25 bits per heavy atom. The van der Waals surface area contributed by atoms with Gasteiger partial charge in [0.15, 0.2) is 0 Å². The summed E-state index contributed by atoms with van der Waals surface area (Å²) in [5.74, 6) is 0.594. The summed E-state index contributed by atoms with van der Waals surface area (Å²) in [6.45, 7) is 0. The lowest BCUT2D eigenvalue weighted by Gasteiger charge is -2.03. The molecule has 0 saturated heterocycles. The third kappa shape index (κ3) is 2.42. The number of carbonyl (C=O) groups is 1. The summed E-state index contributed by atoms with van der Waals surface area (Å²) in [6.07, 6.45) is 5.86. The summed E-state index contributed by atoms with van der Waals surface area (Å²) < 4.78 is 0. The van der Waals surface area contributed by atoms with Gasteiger partial charge in [-0.1, -0.05) is 18.2 Å². The molecule has 0 saturated carbocycles. The van der Waals surface area contributed by atoms with Crippen LogP contribution < -0.4 is 5.32 Å². The minimum absolute atomic E-state index is 0.0608. The quantitative estimate of drug-likeness (QED) is 0.646. The highest BCUT2D eigenvalue weighted by Crippen LogP contribution is 2.23. The molecule has 0 radical (unpaired) electrons. The Kier molecular flexibility index (Phi) is 3.47. The van der Waals surface area contributed by atoms with Gasteiger partial charge < -0.3 is 10.3 Å². The highest BCUT2D eigenvalue weighted by Gasteiger charge is 2.11. The van der Waals surface area contributed by atoms with E-state index in [0.717, 1.165) is 21.4 Å². The van der Waals surface area contributed by atoms with Crippen molar-refractivity contribution in [3.05, 3.63) is 42.2 Å². The van der Waals surface area contributed by atoms with E-state index in [1.807, 2.05) is 36.7 Å². The van der Waals surface area contributed by atoms with Crippen molar-refractivity contribution in [3.8, 4) is 0 Å². The maximum atomic E-state index is 12.1. The smallest absolute Gasteiger partial charge is 0.230 e. The fourth-order valence-corrected chi connectivity index (χ4v) is 2.61. The van der Waals surface area contributed by atoms with E-state index in [9.17, 15) is 4.79 Å². The largest absolute Gasteiger partial charge is 0.361 e. The van der Waals surface area contributed by atoms with E-state index >= 15 is 0 Å². The number of amides is 1. The number of carbonyl (C=O) groups excluding carboxylic acids is 1. The van der Waals surface area contributed by atoms with Crippen molar-refractivity contribution in [2.75, 3.05) is 11.6 Å². The molecule has 5 nitrogen and oxygen atoms in total. The second-order valence-electron chi connectivity index (χ2n) is 4.40. The van der Waals surface area contributed by atoms with Crippen molar-refractivity contribution >= 4 is 34.4 Å². The van der Waals surface area contributed by atoms with E-state index in [4.69, 9.17) is 0 Å². The molecule has 2 aromatic heterocycles. The molecule has 0 aliphatic rings. The molecule has 3 aromatic rings. The van der Waals surface area contributed by atoms with Crippen LogP contribution in [-0.4, -0.2) is 27.3 Å². The van der Waals surface area contributed by atoms with Gasteiger partial charge in [0.25, 0.3) is 0 Å². The lowest BCUT2D eigenvalue weighted by molar-refractivity contribution is -0.115. The number of nitrogens with one attached hydrogen (secondary N) is 3. The number of para-hydroxylation sites is 1. The third-order valence-electron chi connectivity index (χ3n) is 3.11. The lowest BCUT2D eigenvalue weighted by Crippen LogP contribution is -2.15. The van der Waals surface area contributed by atoms with Gasteiger partial charge in [-0.25, -0.2) is 0 Å². The molecule has 2 heterocycles. The van der Waals surface area contributed by atoms with Crippen LogP contribution in [0.1, 0.15) is 5.56 Å². The molecule has 0 aliphatic heterocycles. The van der Waals surface area contributed by atoms with Crippen molar-refractivity contribution in [1.29, 1.82) is 0 Å². The normalized spacial score (nSPS) is 10.8. The van der Waals surface area contributed by atoms with Crippen molar-refractivity contribution in [2.24, 2.45) is 0 Å². The average molecular weight is 286 g/mol. The van der Waals surface area contributed by atoms with Crippen LogP contribution in [0, 0.1) is 0 Å². The minimum Gasteiger partial charge on any atom is -0.361 e. The number of aromatic amines is 2. The number of hydrogen-bond acceptors (Lipinski definition) is 3. The Balaban J connectivity index is 1.76. The molecule has 102 valence electrons. The van der Waals surface area contributed by atoms with Crippen LogP contribution in [-0.2, 0) is 11.2 Å². The summed E-state index contributed by atoms with van der Waals surface area (Å²) in [5, 5.41) is 10.7. The minimum atomic E-state index is -0.0608. The topological polar surface area (TPSA) is 73.6 Å². The third-order valence-corrected chi connectivity index (χ3v) is 3.86. The van der Waals surface area contributed by atoms with Crippen LogP contribution in [0.2, 0.25) is 0 Å². The molecule has 20 heavy (non-hydrogen) atoms. The summed E-state index contributed by atoms with van der Waals surface area (Å²) in [5.41, 5.74) is 2.03. The number of thioether (sulfide) groups is 1. The standard InChI is InChI=1S/C14H14N4OS/c1-20-12-8-16-18-14(12)17-13(19)6-9-7-15-11-5-3-2-4-10(9)11/h2-5,7-8,15H,6H2,1H3,(H2,16,17,18,19). The van der Waals surface area contributed by atoms with Crippen LogP contribution in [0.5, 0.6) is 0 Å². The van der Waals surface area contributed by atoms with Gasteiger partial charge in [-0.05, 0) is 17.9 Å². The van der Waals surface area contributed by atoms with Crippen LogP contribution in [0.3, 0.4) is 0 Å². The Morgan fingerprint density at radius 1 is 1.40 bits per heavy atom. The van der Waals surface area contributed by atoms with Crippen LogP contribution in [0.25, 0.3) is 10.9 Å². The maximum absolute atomic E-state index is 12.1. The molecule has 0 unspecified atom stereocenters. The van der Waals surface area contributed by atoms with Gasteiger partial charge in [-0.15, -0.1) is 11.8 Å². The second-order valence-corrected chi connectivity index (χ2v) is 5.25. The molecular weight excluding hydrogens is 272 g/mol. The van der Waals surface area contributed by atoms with Gasteiger partial charge in [0.2, 0.25) is 5.91 Å². The number of benzene rings is 1. The van der Waals surface area contributed by atoms with Crippen molar-refractivity contribution in [1.82, 2.24) is 15.2 Å². The number of hydrogen-bond donors (Lipinski definition) is 3. The number of rotatable bonds is 4. The van der Waals surface area contributed by atoms with Gasteiger partial charge in [0.05, 0.1) is 17.5 Å². The molecule has 0 aliphatic carbocycles. The van der Waals surface area contributed by atoms with Crippen LogP contribution in [0.15, 0.2) is 41.6 Å². The lowest BCUT2D eigenvalue weighted by atomic mass is 10.1. The Bertz CT molecular complexity index is 746. The average Bonchev–Trinajstić information content (AvgIpc) is 3.06. The van der Waals surface area contributed by atoms with Crippen molar-refractivity contribution in [3.63, 3.8) is 0 Å². The predicted molar refractivity (Wildman–Crippen MR) is 81.0 cm³/mol. The monoisotopic (exact) mass is 286 g/mol. The second kappa shape index (κ2) is 5.42. The van der Waals surface area contributed by atoms with E-state index in [2.05, 4.69) is 20.5 Å². The Hall–Kier alpha value is -2.21. The highest BCUT2D eigenvalue weighted by molar-refractivity contribution is 7.98. The van der Waals surface area contributed by atoms with E-state index in [0.29, 0.717) is 12.2 Å². The first-order valence-corrected chi connectivity index (χ1v) is 7.42. The summed E-state index contributed by atoms with van der Waals surface area (Å²) in [7, 11) is 0. The first kappa shape index (κ1) is 12.8. The molecule has 0 atom stereocenters. The van der Waals surface area contributed by atoms with Crippen LogP contribution in [0.4, 0.5) is 5.82 Å². The van der Waals surface area contributed by atoms with E-state index in [1.165, 1.54) is 11.8 Å². The van der Waals surface area contributed by atoms with E-state index in [-0.39, 0.29) is 5.91 Å². The molecule has 0 spiro atoms. The zero-order valence-corrected chi connectivity index (χ0v) is 11.8. The van der Waals surface area contributed by atoms with Gasteiger partial charge in [-0.2, -0.15) is 5.10 Å². The predicted octanol–water partition coefficient (Wildman–Crippen LogP) is 2.79. The first-order chi connectivity index (χ1) is 9.78. The Morgan fingerprint density at radius 3 is 3.10 bits per heavy atom. The SMILES string of the molecule is CSc1cn[nH]c1NC(=O)Cc1c[nH]c2ccccc12. The molecule has 3 N–H and O–H groups in total. The zero-order valence-electron chi connectivity index (χ0n) is 10.9. The summed E-state index contributed by atoms with van der Waals surface area (Å²) >= 11 is 1.54. The summed E-state index contributed by atoms with van der Waals surface area (Å²) in [6, 6.07) is 7.95. The van der Waals surface area contributed by atoms with Gasteiger partial charge in [-0.3, -0.25) is 9.89 Å². The van der Waals surface area contributed by atoms with E-state index < -0.39 is 0 Å².